The van der Waals surface area contributed by atoms with Crippen molar-refractivity contribution in [1.29, 1.82) is 10.5 Å². The van der Waals surface area contributed by atoms with Gasteiger partial charge in [0, 0.05) is 11.5 Å². The van der Waals surface area contributed by atoms with E-state index in [1.807, 2.05) is 12.1 Å². The molecule has 5 aromatic rings. The standard InChI is InChI=1S/C49H70N14O11P2S2Si2/c1-29(2)42(64)59-47-58-41-36(44(66)60-47)56-28-63(41)45-37(73-79(9,10)48(3,4)5)33(52)31(71-45)25-70-76(78,69-23-17-21-51)61-34-32(24-68-75(77)67-22-16-20-50)72-46(38(34)74-80(11,12)49(6,7)8)62-27-55-35-39(53-26-54-40(35)62)57-43(65)30-18-14-13-15-19-30/h13-15,18-19,26-29,31-34,37-38,45-46H,16-17,22-25,52H2,1-12H3,(H3-,53,54,57,58,59,60,61,64,65,66,78)/p+1/t31-,32-,33-,34-,37-,38-,45-,46-,76?/m1/s1. The number of aromatic nitrogens is 8. The molecule has 1 aromatic carbocycles. The van der Waals surface area contributed by atoms with Crippen LogP contribution in [0.3, 0.4) is 0 Å². The lowest BCUT2D eigenvalue weighted by atomic mass is 10.1. The Morgan fingerprint density at radius 3 is 2.08 bits per heavy atom. The molecule has 432 valence electrons. The number of imidazole rings is 2. The maximum absolute atomic E-state index is 13.4. The predicted octanol–water partition coefficient (Wildman–Crippen LogP) is 7.56. The molecule has 10 atom stereocenters. The molecule has 2 saturated heterocycles. The molecule has 7 rings (SSSR count). The molecule has 6 heterocycles. The number of carbonyl (C=O) groups is 2. The molecule has 0 aliphatic carbocycles. The molecule has 2 amide bonds. The van der Waals surface area contributed by atoms with Crippen molar-refractivity contribution in [2.45, 2.75) is 153 Å². The average Bonchev–Trinajstić information content (AvgIpc) is 4.18. The monoisotopic (exact) mass is 1210 g/mol. The second-order valence-electron chi connectivity index (χ2n) is 22.6. The molecule has 0 saturated carbocycles. The van der Waals surface area contributed by atoms with Gasteiger partial charge in [-0.2, -0.15) is 15.5 Å². The van der Waals surface area contributed by atoms with Gasteiger partial charge in [-0.3, -0.25) is 33.8 Å². The summed E-state index contributed by atoms with van der Waals surface area (Å²) in [6.45, 7) is 20.0. The normalized spacial score (nSPS) is 22.8. The van der Waals surface area contributed by atoms with Crippen molar-refractivity contribution in [2.24, 2.45) is 11.7 Å². The number of benzene rings is 1. The number of carbonyl (C=O) groups excluding carboxylic acids is 2. The second kappa shape index (κ2) is 25.8. The van der Waals surface area contributed by atoms with E-state index in [0.29, 0.717) is 11.2 Å². The zero-order chi connectivity index (χ0) is 58.5. The van der Waals surface area contributed by atoms with Crippen molar-refractivity contribution in [1.82, 2.24) is 44.1 Å². The number of fused-ring (bicyclic) bond motifs is 2. The lowest BCUT2D eigenvalue weighted by Crippen LogP contribution is -2.53. The third-order valence-corrected chi connectivity index (χ3v) is 27.5. The number of nitrogens with zero attached hydrogens (tertiary/aromatic N) is 9. The van der Waals surface area contributed by atoms with Crippen molar-refractivity contribution < 1.29 is 46.0 Å². The zero-order valence-electron chi connectivity index (χ0n) is 46.9. The van der Waals surface area contributed by atoms with E-state index < -0.39 is 96.8 Å². The summed E-state index contributed by atoms with van der Waals surface area (Å²) in [6.07, 6.45) is -1.33. The Morgan fingerprint density at radius 1 is 0.838 bits per heavy atom. The Balaban J connectivity index is 1.27. The van der Waals surface area contributed by atoms with Crippen molar-refractivity contribution >= 4 is 99.9 Å². The van der Waals surface area contributed by atoms with Crippen LogP contribution < -0.4 is 27.0 Å². The number of nitrogens with two attached hydrogens (primary N) is 1. The number of nitrogens with one attached hydrogen (secondary N) is 4. The van der Waals surface area contributed by atoms with Gasteiger partial charge < -0.3 is 38.4 Å². The van der Waals surface area contributed by atoms with Gasteiger partial charge in [-0.25, -0.2) is 25.0 Å². The van der Waals surface area contributed by atoms with Crippen LogP contribution >= 0.6 is 13.8 Å². The number of hydrogen-bond acceptors (Lipinski definition) is 21. The van der Waals surface area contributed by atoms with E-state index in [1.54, 1.807) is 47.2 Å². The van der Waals surface area contributed by atoms with Gasteiger partial charge in [0.05, 0.1) is 62.9 Å². The minimum absolute atomic E-state index is 0.00470. The summed E-state index contributed by atoms with van der Waals surface area (Å²) in [7, 11) is -7.33. The average molecular weight is 1210 g/mol. The summed E-state index contributed by atoms with van der Waals surface area (Å²) in [5.41, 5.74) is 7.71. The maximum atomic E-state index is 13.4. The lowest BCUT2D eigenvalue weighted by Gasteiger charge is -2.41. The molecule has 0 bridgehead atoms. The summed E-state index contributed by atoms with van der Waals surface area (Å²) in [4.78, 5) is 64.8. The van der Waals surface area contributed by atoms with Crippen LogP contribution in [0.5, 0.6) is 0 Å². The van der Waals surface area contributed by atoms with Crippen molar-refractivity contribution in [2.75, 3.05) is 37.1 Å². The summed E-state index contributed by atoms with van der Waals surface area (Å²) in [5, 5.41) is 27.4. The number of ether oxygens (including phenoxy) is 2. The number of nitriles is 2. The number of rotatable bonds is 24. The molecule has 80 heavy (non-hydrogen) atoms. The molecule has 31 heteroatoms. The van der Waals surface area contributed by atoms with Crippen LogP contribution in [0.15, 0.2) is 54.1 Å². The van der Waals surface area contributed by atoms with Gasteiger partial charge >= 0.3 is 7.15 Å². The van der Waals surface area contributed by atoms with Crippen molar-refractivity contribution in [3.05, 3.63) is 65.2 Å². The zero-order valence-corrected chi connectivity index (χ0v) is 52.3. The molecule has 2 unspecified atom stereocenters. The highest BCUT2D eigenvalue weighted by Crippen LogP contribution is 2.51. The van der Waals surface area contributed by atoms with Crippen LogP contribution in [-0.2, 0) is 64.8 Å². The van der Waals surface area contributed by atoms with Gasteiger partial charge in [0.1, 0.15) is 44.0 Å². The highest BCUT2D eigenvalue weighted by Gasteiger charge is 2.55. The quantitative estimate of drug-likeness (QED) is 0.0226. The molecule has 6 N–H and O–H groups in total. The Morgan fingerprint density at radius 2 is 1.44 bits per heavy atom. The number of aromatic amines is 1. The second-order valence-corrected chi connectivity index (χ2v) is 37.2. The van der Waals surface area contributed by atoms with Gasteiger partial charge in [-0.15, -0.1) is 9.05 Å². The van der Waals surface area contributed by atoms with Gasteiger partial charge in [0.2, 0.25) is 23.7 Å². The predicted molar refractivity (Wildman–Crippen MR) is 311 cm³/mol. The number of H-pyrrole nitrogens is 1. The van der Waals surface area contributed by atoms with Crippen LogP contribution in [-0.4, -0.2) is 130 Å². The first kappa shape index (κ1) is 62.8. The topological polar surface area (TPSA) is 325 Å². The largest absolute Gasteiger partial charge is 0.521 e. The fourth-order valence-electron chi connectivity index (χ4n) is 8.03. The SMILES string of the molecule is CC(C)C(=O)Nc1nc2c(ncn2[C@@H]2O[C@H](COP(=S)(N[C@H]3[C@@H](O[Si](C)(C)C(C)(C)C)[C@H](n4cnc5c(NC(=O)c6ccccc6)ncnc54)O[C@@H]3CO[P+](=S)OCCC#N)OCCC#N)[C@@H](N)[C@H]2O[Si](C)(C)C(C)(C)C)c(=O)[nH]1. The molecule has 0 spiro atoms. The molecular weight excluding hydrogens is 1140 g/mol. The van der Waals surface area contributed by atoms with Crippen LogP contribution in [0.25, 0.3) is 22.3 Å². The minimum atomic E-state index is -3.81. The van der Waals surface area contributed by atoms with Crippen LogP contribution in [0.4, 0.5) is 11.8 Å². The fourth-order valence-corrected chi connectivity index (χ4v) is 14.0. The first-order chi connectivity index (χ1) is 37.6. The first-order valence-corrected chi connectivity index (χ1v) is 36.6. The van der Waals surface area contributed by atoms with E-state index in [2.05, 4.69) is 119 Å². The van der Waals surface area contributed by atoms with Crippen molar-refractivity contribution in [3.63, 3.8) is 0 Å². The molecule has 4 aromatic heterocycles. The van der Waals surface area contributed by atoms with Crippen molar-refractivity contribution in [3.8, 4) is 12.1 Å². The van der Waals surface area contributed by atoms with E-state index >= 15 is 0 Å². The molecule has 2 aliphatic heterocycles. The Hall–Kier alpha value is -4.76. The third-order valence-electron chi connectivity index (χ3n) is 14.5. The van der Waals surface area contributed by atoms with Gasteiger partial charge in [-0.05, 0) is 60.2 Å². The van der Waals surface area contributed by atoms with Gasteiger partial charge in [-0.1, -0.05) is 73.6 Å². The Labute approximate surface area is 477 Å². The fraction of sp³-hybridized carbons (Fsp3) is 0.592. The van der Waals surface area contributed by atoms with Gasteiger partial charge in [0.25, 0.3) is 18.1 Å². The number of anilines is 2. The summed E-state index contributed by atoms with van der Waals surface area (Å²) in [6, 6.07) is 11.0. The van der Waals surface area contributed by atoms with Crippen LogP contribution in [0.1, 0.15) is 91.0 Å². The summed E-state index contributed by atoms with van der Waals surface area (Å²) >= 11 is 12.0. The van der Waals surface area contributed by atoms with E-state index in [-0.39, 0.29) is 83.7 Å². The highest BCUT2D eigenvalue weighted by molar-refractivity contribution is 8.09. The van der Waals surface area contributed by atoms with E-state index in [4.69, 9.17) is 65.8 Å². The van der Waals surface area contributed by atoms with E-state index in [9.17, 15) is 24.9 Å². The summed E-state index contributed by atoms with van der Waals surface area (Å²) in [5.74, 6) is -1.08. The summed E-state index contributed by atoms with van der Waals surface area (Å²) < 4.78 is 56.5. The minimum Gasteiger partial charge on any atom is -0.408 e. The molecule has 2 fully saturated rings. The number of amides is 2. The van der Waals surface area contributed by atoms with E-state index in [0.717, 1.165) is 0 Å². The van der Waals surface area contributed by atoms with E-state index in [1.165, 1.54) is 19.0 Å². The van der Waals surface area contributed by atoms with Crippen LogP contribution in [0.2, 0.25) is 36.3 Å². The first-order valence-electron chi connectivity index (χ1n) is 26.0. The smallest absolute Gasteiger partial charge is 0.408 e. The lowest BCUT2D eigenvalue weighted by molar-refractivity contribution is -0.118. The molecule has 2 aliphatic rings. The highest BCUT2D eigenvalue weighted by atomic mass is 32.5. The van der Waals surface area contributed by atoms with Gasteiger partial charge in [0.15, 0.2) is 57.2 Å². The number of hydrogen-bond donors (Lipinski definition) is 5. The Kier molecular flexibility index (Phi) is 20.3. The molecular formula is C49H71N14O11P2S2Si2+. The Bertz CT molecular complexity index is 3240. The van der Waals surface area contributed by atoms with Crippen LogP contribution in [0, 0.1) is 28.6 Å². The molecule has 25 nitrogen and oxygen atoms in total. The maximum Gasteiger partial charge on any atom is 0.521 e. The third kappa shape index (κ3) is 14.5. The molecule has 0 radical (unpaired) electrons.